The maximum absolute atomic E-state index is 2.43. The fourth-order valence-electron chi connectivity index (χ4n) is 11.6. The summed E-state index contributed by atoms with van der Waals surface area (Å²) >= 11 is 0. The van der Waals surface area contributed by atoms with E-state index in [1.807, 2.05) is 0 Å². The molecule has 76 heavy (non-hydrogen) atoms. The Kier molecular flexibility index (Phi) is 12.8. The highest BCUT2D eigenvalue weighted by molar-refractivity contribution is 6.89. The molecule has 0 saturated carbocycles. The molecule has 0 radical (unpaired) electrons. The molecule has 9 aromatic carbocycles. The second-order valence-corrected chi connectivity index (χ2v) is 34.7. The number of rotatable bonds is 12. The molecule has 0 N–H and O–H groups in total. The van der Waals surface area contributed by atoms with Crippen LogP contribution in [0.2, 0.25) is 39.3 Å². The molecule has 11 rings (SSSR count). The number of anilines is 6. The molecule has 0 aliphatic heterocycles. The number of benzene rings is 9. The van der Waals surface area contributed by atoms with Crippen LogP contribution in [-0.2, 0) is 10.8 Å². The number of hydrogen-bond acceptors (Lipinski definition) is 2. The first-order valence-electron chi connectivity index (χ1n) is 27.2. The topological polar surface area (TPSA) is 6.48 Å². The molecule has 0 heterocycles. The molecular formula is C72H72N2Si2. The van der Waals surface area contributed by atoms with Gasteiger partial charge >= 0.3 is 0 Å². The molecule has 0 aromatic heterocycles. The minimum atomic E-state index is -1.43. The lowest BCUT2D eigenvalue weighted by molar-refractivity contribution is 0.660. The molecule has 378 valence electrons. The molecule has 0 bridgehead atoms. The second-order valence-electron chi connectivity index (χ2n) is 24.6. The van der Waals surface area contributed by atoms with Gasteiger partial charge in [0.25, 0.3) is 0 Å². The van der Waals surface area contributed by atoms with Crippen LogP contribution in [-0.4, -0.2) is 16.1 Å². The van der Waals surface area contributed by atoms with Gasteiger partial charge in [0.1, 0.15) is 0 Å². The van der Waals surface area contributed by atoms with Crippen LogP contribution in [0.15, 0.2) is 194 Å². The van der Waals surface area contributed by atoms with Gasteiger partial charge in [-0.1, -0.05) is 234 Å². The van der Waals surface area contributed by atoms with Gasteiger partial charge in [-0.05, 0) is 153 Å². The largest absolute Gasteiger partial charge is 0.310 e. The normalized spacial score (nSPS) is 14.2. The molecular weight excluding hydrogens is 949 g/mol. The van der Waals surface area contributed by atoms with E-state index in [9.17, 15) is 0 Å². The molecule has 0 saturated heterocycles. The van der Waals surface area contributed by atoms with Gasteiger partial charge in [-0.2, -0.15) is 0 Å². The Morgan fingerprint density at radius 3 is 0.855 bits per heavy atom. The van der Waals surface area contributed by atoms with Crippen molar-refractivity contribution >= 4 is 84.9 Å². The third-order valence-electron chi connectivity index (χ3n) is 16.3. The number of hydrogen-bond donors (Lipinski definition) is 0. The van der Waals surface area contributed by atoms with Crippen molar-refractivity contribution < 1.29 is 0 Å². The first kappa shape index (κ1) is 50.6. The summed E-state index contributed by atoms with van der Waals surface area (Å²) in [4.78, 5) is 4.83. The van der Waals surface area contributed by atoms with Gasteiger partial charge in [0.05, 0.1) is 16.1 Å². The predicted molar refractivity (Wildman–Crippen MR) is 337 cm³/mol. The van der Waals surface area contributed by atoms with Crippen LogP contribution in [0.4, 0.5) is 34.1 Å². The zero-order chi connectivity index (χ0) is 53.3. The van der Waals surface area contributed by atoms with Gasteiger partial charge in [-0.15, -0.1) is 0 Å². The molecule has 0 spiro atoms. The second kappa shape index (κ2) is 19.3. The van der Waals surface area contributed by atoms with E-state index in [1.54, 1.807) is 0 Å². The molecule has 2 nitrogen and oxygen atoms in total. The summed E-state index contributed by atoms with van der Waals surface area (Å²) in [5.41, 5.74) is 24.8. The van der Waals surface area contributed by atoms with Crippen LogP contribution >= 0.6 is 0 Å². The highest BCUT2D eigenvalue weighted by Gasteiger charge is 2.38. The van der Waals surface area contributed by atoms with Gasteiger partial charge in [-0.3, -0.25) is 0 Å². The van der Waals surface area contributed by atoms with E-state index in [0.717, 1.165) is 0 Å². The molecule has 0 unspecified atom stereocenters. The van der Waals surface area contributed by atoms with Crippen LogP contribution in [0.25, 0.3) is 46.6 Å². The summed E-state index contributed by atoms with van der Waals surface area (Å²) in [6.07, 6.45) is 9.01. The summed E-state index contributed by atoms with van der Waals surface area (Å²) in [5.74, 6) is 0. The highest BCUT2D eigenvalue weighted by atomic mass is 28.3. The Labute approximate surface area is 455 Å². The van der Waals surface area contributed by atoms with E-state index in [0.29, 0.717) is 0 Å². The van der Waals surface area contributed by atoms with Crippen LogP contribution < -0.4 is 20.2 Å². The summed E-state index contributed by atoms with van der Waals surface area (Å²) in [7, 11) is -2.86. The lowest BCUT2D eigenvalue weighted by Gasteiger charge is -2.29. The minimum Gasteiger partial charge on any atom is -0.310 e. The number of aryl methyl sites for hydroxylation is 2. The zero-order valence-electron chi connectivity index (χ0n) is 46.7. The van der Waals surface area contributed by atoms with Crippen molar-refractivity contribution in [2.75, 3.05) is 9.80 Å². The Morgan fingerprint density at radius 2 is 0.539 bits per heavy atom. The van der Waals surface area contributed by atoms with Crippen LogP contribution in [0.3, 0.4) is 0 Å². The first-order valence-corrected chi connectivity index (χ1v) is 34.2. The van der Waals surface area contributed by atoms with Gasteiger partial charge in [-0.25, -0.2) is 0 Å². The van der Waals surface area contributed by atoms with Crippen molar-refractivity contribution in [3.63, 3.8) is 0 Å². The molecule has 2 aliphatic rings. The van der Waals surface area contributed by atoms with Crippen molar-refractivity contribution in [2.24, 2.45) is 0 Å². The van der Waals surface area contributed by atoms with Crippen molar-refractivity contribution in [1.82, 2.24) is 0 Å². The van der Waals surface area contributed by atoms with Gasteiger partial charge < -0.3 is 9.80 Å². The van der Waals surface area contributed by atoms with E-state index >= 15 is 0 Å². The van der Waals surface area contributed by atoms with Crippen molar-refractivity contribution in [1.29, 1.82) is 0 Å². The molecule has 0 fully saturated rings. The van der Waals surface area contributed by atoms with E-state index in [2.05, 4.69) is 309 Å². The summed E-state index contributed by atoms with van der Waals surface area (Å²) in [6, 6.07) is 73.5. The fraction of sp³-hybridized carbons (Fsp3) is 0.194. The summed E-state index contributed by atoms with van der Waals surface area (Å²) in [5, 5.41) is 2.94. The van der Waals surface area contributed by atoms with E-state index in [1.165, 1.54) is 122 Å². The highest BCUT2D eigenvalue weighted by Crippen LogP contribution is 2.53. The zero-order valence-corrected chi connectivity index (χ0v) is 48.7. The summed E-state index contributed by atoms with van der Waals surface area (Å²) < 4.78 is 0. The van der Waals surface area contributed by atoms with Gasteiger partial charge in [0.2, 0.25) is 0 Å². The quantitative estimate of drug-likeness (QED) is 0.0889. The van der Waals surface area contributed by atoms with Crippen molar-refractivity contribution in [2.45, 2.75) is 91.7 Å². The van der Waals surface area contributed by atoms with E-state index in [-0.39, 0.29) is 10.8 Å². The average Bonchev–Trinajstić information content (AvgIpc) is 3.92. The van der Waals surface area contributed by atoms with Gasteiger partial charge in [0, 0.05) is 45.0 Å². The predicted octanol–water partition coefficient (Wildman–Crippen LogP) is 19.3. The Bertz CT molecular complexity index is 3450. The van der Waals surface area contributed by atoms with E-state index in [4.69, 9.17) is 0 Å². The monoisotopic (exact) mass is 1020 g/mol. The van der Waals surface area contributed by atoms with E-state index < -0.39 is 16.1 Å². The lowest BCUT2D eigenvalue weighted by atomic mass is 9.81. The smallest absolute Gasteiger partial charge is 0.0775 e. The lowest BCUT2D eigenvalue weighted by Crippen LogP contribution is -2.37. The van der Waals surface area contributed by atoms with Gasteiger partial charge in [0.15, 0.2) is 0 Å². The fourth-order valence-corrected chi connectivity index (χ4v) is 13.9. The molecule has 2 aliphatic carbocycles. The molecule has 9 aromatic rings. The maximum atomic E-state index is 2.43. The number of fused-ring (bicyclic) bond motifs is 6. The van der Waals surface area contributed by atoms with Crippen molar-refractivity contribution in [3.05, 3.63) is 250 Å². The first-order chi connectivity index (χ1) is 36.2. The van der Waals surface area contributed by atoms with Crippen LogP contribution in [0, 0.1) is 13.8 Å². The third-order valence-corrected chi connectivity index (χ3v) is 20.5. The standard InChI is InChI=1S/C72H72N2Si2/c1-49-13-27-55(28-14-49)73(57-31-37-61(38-32-57)75(7,8)9)59-35-43-65-63-41-25-53(45-67(63)71(3,4)69(65)47-59)23-21-51-17-19-52(20-18-51)22-24-54-26-42-64-66-44-36-60(48-70(66)72(5,6)68(64)46-54)74(56-29-15-50(2)16-30-56)58-33-39-62(40-34-58)76(10,11)12/h13-48H,1-12H3/b23-21+,24-22+. The van der Waals surface area contributed by atoms with Crippen LogP contribution in [0.5, 0.6) is 0 Å². The Morgan fingerprint density at radius 1 is 0.289 bits per heavy atom. The average molecular weight is 1020 g/mol. The number of nitrogens with zero attached hydrogens (tertiary/aromatic N) is 2. The molecule has 0 atom stereocenters. The Balaban J connectivity index is 0.796. The third kappa shape index (κ3) is 9.59. The summed E-state index contributed by atoms with van der Waals surface area (Å²) in [6.45, 7) is 28.3. The molecule has 4 heteroatoms. The van der Waals surface area contributed by atoms with Crippen molar-refractivity contribution in [3.8, 4) is 22.3 Å². The van der Waals surface area contributed by atoms with Crippen LogP contribution in [0.1, 0.15) is 83.3 Å². The Hall–Kier alpha value is -7.51. The minimum absolute atomic E-state index is 0.161. The maximum Gasteiger partial charge on any atom is 0.0775 e. The SMILES string of the molecule is Cc1ccc(N(c2ccc([Si](C)(C)C)cc2)c2ccc3c(c2)C(C)(C)c2cc(/C=C/c4ccc(/C=C/c5ccc6c(c5)C(C)(C)c5cc(N(c7ccc(C)cc7)c7ccc([Si](C)(C)C)cc7)ccc5-6)cc4)ccc2-3)cc1. The molecule has 0 amide bonds.